The van der Waals surface area contributed by atoms with Crippen LogP contribution >= 0.6 is 0 Å². The normalized spacial score (nSPS) is 10.8. The average Bonchev–Trinajstić information content (AvgIpc) is 3.24. The number of nitrogens with one attached hydrogen (secondary N) is 2. The van der Waals surface area contributed by atoms with Crippen LogP contribution in [0.2, 0.25) is 0 Å². The monoisotopic (exact) mass is 472 g/mol. The number of azo groups is 1. The fourth-order valence-electron chi connectivity index (χ4n) is 3.40. The molecule has 0 amide bonds. The van der Waals surface area contributed by atoms with Gasteiger partial charge in [0.05, 0.1) is 18.7 Å². The number of nitrogens with two attached hydrogens (primary N) is 1. The summed E-state index contributed by atoms with van der Waals surface area (Å²) in [4.78, 5) is 4.64. The van der Waals surface area contributed by atoms with E-state index in [4.69, 9.17) is 10.5 Å². The fraction of sp³-hybridized carbons (Fsp3) is 0.333. The number of methoxy groups -OCH3 is 1. The van der Waals surface area contributed by atoms with Crippen LogP contribution in [0.3, 0.4) is 0 Å². The summed E-state index contributed by atoms with van der Waals surface area (Å²) in [5, 5.41) is 38.7. The van der Waals surface area contributed by atoms with E-state index in [0.717, 1.165) is 16.8 Å². The lowest BCUT2D eigenvalue weighted by atomic mass is 10.1. The predicted octanol–water partition coefficient (Wildman–Crippen LogP) is 4.12. The third kappa shape index (κ3) is 5.98. The molecule has 0 saturated carbocycles. The molecular formula is C24H28N10O. The Morgan fingerprint density at radius 2 is 1.94 bits per heavy atom. The summed E-state index contributed by atoms with van der Waals surface area (Å²) < 4.78 is 6.63. The van der Waals surface area contributed by atoms with Crippen LogP contribution in [0, 0.1) is 43.4 Å². The van der Waals surface area contributed by atoms with Crippen molar-refractivity contribution in [2.24, 2.45) is 16.0 Å². The lowest BCUT2D eigenvalue weighted by molar-refractivity contribution is 0.183. The minimum absolute atomic E-state index is 0.170. The molecule has 180 valence electrons. The molecule has 0 fully saturated rings. The number of pyridine rings is 1. The SMILES string of the molecule is COCCn1cc(C#N)c(N=Nc2c(NCCN)nc(Nc3ccc(C)cc3C)c(C#N)c2C)n1. The van der Waals surface area contributed by atoms with Gasteiger partial charge >= 0.3 is 0 Å². The van der Waals surface area contributed by atoms with Crippen LogP contribution in [0.15, 0.2) is 34.6 Å². The Morgan fingerprint density at radius 1 is 1.14 bits per heavy atom. The minimum Gasteiger partial charge on any atom is -0.383 e. The van der Waals surface area contributed by atoms with E-state index in [0.29, 0.717) is 54.7 Å². The van der Waals surface area contributed by atoms with E-state index in [9.17, 15) is 10.5 Å². The first-order chi connectivity index (χ1) is 16.9. The molecule has 11 nitrogen and oxygen atoms in total. The number of benzene rings is 1. The van der Waals surface area contributed by atoms with E-state index in [1.165, 1.54) is 0 Å². The van der Waals surface area contributed by atoms with Gasteiger partial charge in [-0.25, -0.2) is 4.98 Å². The van der Waals surface area contributed by atoms with Gasteiger partial charge in [-0.05, 0) is 32.4 Å². The van der Waals surface area contributed by atoms with E-state index < -0.39 is 0 Å². The molecule has 2 aromatic heterocycles. The average molecular weight is 473 g/mol. The summed E-state index contributed by atoms with van der Waals surface area (Å²) in [5.74, 6) is 0.987. The highest BCUT2D eigenvalue weighted by molar-refractivity contribution is 5.77. The van der Waals surface area contributed by atoms with Crippen LogP contribution in [0.4, 0.5) is 28.8 Å². The van der Waals surface area contributed by atoms with Crippen LogP contribution in [-0.2, 0) is 11.3 Å². The van der Waals surface area contributed by atoms with Crippen molar-refractivity contribution in [1.29, 1.82) is 10.5 Å². The number of hydrogen-bond donors (Lipinski definition) is 3. The summed E-state index contributed by atoms with van der Waals surface area (Å²) in [7, 11) is 1.59. The maximum absolute atomic E-state index is 9.92. The largest absolute Gasteiger partial charge is 0.383 e. The second-order valence-electron chi connectivity index (χ2n) is 7.86. The van der Waals surface area contributed by atoms with Crippen LogP contribution in [-0.4, -0.2) is 41.6 Å². The van der Waals surface area contributed by atoms with Gasteiger partial charge in [-0.15, -0.1) is 15.3 Å². The molecule has 0 radical (unpaired) electrons. The Kier molecular flexibility index (Phi) is 8.46. The maximum atomic E-state index is 9.92. The van der Waals surface area contributed by atoms with Gasteiger partial charge in [-0.1, -0.05) is 17.7 Å². The zero-order valence-corrected chi connectivity index (χ0v) is 20.3. The summed E-state index contributed by atoms with van der Waals surface area (Å²) in [6.45, 7) is 7.52. The van der Waals surface area contributed by atoms with Gasteiger partial charge in [0.2, 0.25) is 5.82 Å². The number of anilines is 3. The Hall–Kier alpha value is -4.32. The lowest BCUT2D eigenvalue weighted by Gasteiger charge is -2.16. The molecule has 0 saturated heterocycles. The van der Waals surface area contributed by atoms with Crippen molar-refractivity contribution in [3.05, 3.63) is 52.2 Å². The quantitative estimate of drug-likeness (QED) is 0.371. The molecule has 0 atom stereocenters. The van der Waals surface area contributed by atoms with Crippen LogP contribution in [0.1, 0.15) is 27.8 Å². The molecule has 0 aliphatic heterocycles. The molecule has 11 heteroatoms. The van der Waals surface area contributed by atoms with Gasteiger partial charge in [0.25, 0.3) is 0 Å². The Morgan fingerprint density at radius 3 is 2.60 bits per heavy atom. The van der Waals surface area contributed by atoms with Gasteiger partial charge in [-0.3, -0.25) is 4.68 Å². The molecule has 3 aromatic rings. The zero-order valence-electron chi connectivity index (χ0n) is 20.3. The second-order valence-corrected chi connectivity index (χ2v) is 7.86. The highest BCUT2D eigenvalue weighted by atomic mass is 16.5. The second kappa shape index (κ2) is 11.7. The minimum atomic E-state index is 0.170. The smallest absolute Gasteiger partial charge is 0.213 e. The molecular weight excluding hydrogens is 444 g/mol. The molecule has 2 heterocycles. The number of nitrogens with zero attached hydrogens (tertiary/aromatic N) is 7. The first-order valence-electron chi connectivity index (χ1n) is 11.0. The van der Waals surface area contributed by atoms with Crippen LogP contribution in [0.25, 0.3) is 0 Å². The number of aromatic nitrogens is 3. The Bertz CT molecular complexity index is 1310. The molecule has 35 heavy (non-hydrogen) atoms. The number of nitriles is 2. The first kappa shape index (κ1) is 25.3. The van der Waals surface area contributed by atoms with Gasteiger partial charge in [0.1, 0.15) is 23.4 Å². The highest BCUT2D eigenvalue weighted by Crippen LogP contribution is 2.36. The van der Waals surface area contributed by atoms with Crippen molar-refractivity contribution in [3.8, 4) is 12.1 Å². The molecule has 0 unspecified atom stereocenters. The van der Waals surface area contributed by atoms with Gasteiger partial charge in [0.15, 0.2) is 11.6 Å². The topological polar surface area (TPSA) is 162 Å². The summed E-state index contributed by atoms with van der Waals surface area (Å²) >= 11 is 0. The molecule has 0 aliphatic carbocycles. The highest BCUT2D eigenvalue weighted by Gasteiger charge is 2.18. The summed E-state index contributed by atoms with van der Waals surface area (Å²) in [6.07, 6.45) is 1.59. The zero-order chi connectivity index (χ0) is 25.4. The number of rotatable bonds is 10. The van der Waals surface area contributed by atoms with Crippen LogP contribution in [0.5, 0.6) is 0 Å². The Labute approximate surface area is 204 Å². The number of hydrogen-bond acceptors (Lipinski definition) is 10. The van der Waals surface area contributed by atoms with E-state index >= 15 is 0 Å². The third-order valence-corrected chi connectivity index (χ3v) is 5.23. The standard InChI is InChI=1S/C24H28N10O/c1-15-5-6-20(16(2)11-15)29-23-19(13-27)17(3)21(24(30-23)28-8-7-25)31-32-22-18(12-26)14-34(33-22)9-10-35-4/h5-6,11,14H,7-10,25H2,1-4H3,(H2,28,29,30). The van der Waals surface area contributed by atoms with Crippen molar-refractivity contribution >= 4 is 28.8 Å². The van der Waals surface area contributed by atoms with E-state index in [2.05, 4.69) is 49.1 Å². The molecule has 0 aliphatic rings. The Balaban J connectivity index is 2.05. The maximum Gasteiger partial charge on any atom is 0.213 e. The summed E-state index contributed by atoms with van der Waals surface area (Å²) in [5.41, 5.74) is 10.3. The van der Waals surface area contributed by atoms with E-state index in [1.54, 1.807) is 24.9 Å². The van der Waals surface area contributed by atoms with Gasteiger partial charge in [0, 0.05) is 37.6 Å². The van der Waals surface area contributed by atoms with E-state index in [-0.39, 0.29) is 11.4 Å². The molecule has 4 N–H and O–H groups in total. The third-order valence-electron chi connectivity index (χ3n) is 5.23. The summed E-state index contributed by atoms with van der Waals surface area (Å²) in [6, 6.07) is 10.3. The van der Waals surface area contributed by atoms with Crippen molar-refractivity contribution in [2.45, 2.75) is 27.3 Å². The molecule has 3 rings (SSSR count). The van der Waals surface area contributed by atoms with Crippen molar-refractivity contribution in [2.75, 3.05) is 37.4 Å². The molecule has 0 bridgehead atoms. The van der Waals surface area contributed by atoms with Gasteiger partial charge < -0.3 is 21.1 Å². The molecule has 0 spiro atoms. The lowest BCUT2D eigenvalue weighted by Crippen LogP contribution is -2.15. The van der Waals surface area contributed by atoms with Gasteiger partial charge in [-0.2, -0.15) is 10.5 Å². The number of ether oxygens (including phenoxy) is 1. The van der Waals surface area contributed by atoms with Crippen molar-refractivity contribution < 1.29 is 4.74 Å². The fourth-order valence-corrected chi connectivity index (χ4v) is 3.40. The van der Waals surface area contributed by atoms with Crippen molar-refractivity contribution in [1.82, 2.24) is 14.8 Å². The first-order valence-corrected chi connectivity index (χ1v) is 11.0. The predicted molar refractivity (Wildman–Crippen MR) is 133 cm³/mol. The number of aryl methyl sites for hydroxylation is 2. The van der Waals surface area contributed by atoms with Crippen molar-refractivity contribution in [3.63, 3.8) is 0 Å². The van der Waals surface area contributed by atoms with E-state index in [1.807, 2.05) is 26.0 Å². The van der Waals surface area contributed by atoms with Crippen LogP contribution < -0.4 is 16.4 Å². The molecule has 1 aromatic carbocycles.